The van der Waals surface area contributed by atoms with Gasteiger partial charge in [0.2, 0.25) is 0 Å². The number of carbonyl (C=O) groups is 1. The lowest BCUT2D eigenvalue weighted by Crippen LogP contribution is -2.17. The molecule has 0 atom stereocenters. The fraction of sp³-hybridized carbons (Fsp3) is 0.200. The molecule has 0 aliphatic carbocycles. The maximum absolute atomic E-state index is 11.8. The van der Waals surface area contributed by atoms with Gasteiger partial charge in [0.25, 0.3) is 5.91 Å². The van der Waals surface area contributed by atoms with E-state index in [4.69, 9.17) is 0 Å². The van der Waals surface area contributed by atoms with Crippen LogP contribution in [0.4, 0.5) is 18.9 Å². The molecule has 1 aromatic rings. The number of ether oxygens (including phenoxy) is 2. The highest BCUT2D eigenvalue weighted by atomic mass is 19.4. The van der Waals surface area contributed by atoms with Crippen LogP contribution < -0.4 is 10.1 Å². The first kappa shape index (κ1) is 13.3. The summed E-state index contributed by atoms with van der Waals surface area (Å²) in [5.41, 5.74) is 0.331. The lowest BCUT2D eigenvalue weighted by atomic mass is 10.3. The summed E-state index contributed by atoms with van der Waals surface area (Å²) in [4.78, 5) is 11.0. The zero-order valence-corrected chi connectivity index (χ0v) is 8.75. The molecule has 0 spiro atoms. The maximum atomic E-state index is 11.8. The Morgan fingerprint density at radius 2 is 1.88 bits per heavy atom. The predicted molar refractivity (Wildman–Crippen MR) is 53.1 cm³/mol. The van der Waals surface area contributed by atoms with Crippen LogP contribution >= 0.6 is 0 Å². The van der Waals surface area contributed by atoms with E-state index in [1.165, 1.54) is 19.2 Å². The molecule has 1 rings (SSSR count). The van der Waals surface area contributed by atoms with E-state index in [-0.39, 0.29) is 5.75 Å². The Morgan fingerprint density at radius 3 is 2.35 bits per heavy atom. The van der Waals surface area contributed by atoms with Crippen molar-refractivity contribution in [2.45, 2.75) is 6.36 Å². The normalized spacial score (nSPS) is 11.1. The van der Waals surface area contributed by atoms with E-state index in [2.05, 4.69) is 14.8 Å². The lowest BCUT2D eigenvalue weighted by molar-refractivity contribution is -0.274. The summed E-state index contributed by atoms with van der Waals surface area (Å²) in [5, 5.41) is 2.38. The van der Waals surface area contributed by atoms with Crippen molar-refractivity contribution in [1.29, 1.82) is 0 Å². The first-order valence-electron chi connectivity index (χ1n) is 4.43. The van der Waals surface area contributed by atoms with Crippen molar-refractivity contribution in [3.8, 4) is 5.75 Å². The second-order valence-corrected chi connectivity index (χ2v) is 2.91. The summed E-state index contributed by atoms with van der Waals surface area (Å²) >= 11 is 0. The highest BCUT2D eigenvalue weighted by Crippen LogP contribution is 2.23. The molecule has 93 valence electrons. The molecule has 0 unspecified atom stereocenters. The minimum absolute atomic E-state index is 0.331. The maximum Gasteiger partial charge on any atom is 0.573 e. The number of hydrogen-bond donors (Lipinski definition) is 1. The zero-order chi connectivity index (χ0) is 12.9. The van der Waals surface area contributed by atoms with E-state index in [9.17, 15) is 18.0 Å². The summed E-state index contributed by atoms with van der Waals surface area (Å²) in [6, 6.07) is 4.75. The molecule has 1 aromatic carbocycles. The van der Waals surface area contributed by atoms with Gasteiger partial charge in [0.1, 0.15) is 5.75 Å². The van der Waals surface area contributed by atoms with Gasteiger partial charge in [0.15, 0.2) is 6.61 Å². The van der Waals surface area contributed by atoms with Crippen LogP contribution in [0.3, 0.4) is 0 Å². The van der Waals surface area contributed by atoms with Crippen molar-refractivity contribution in [3.63, 3.8) is 0 Å². The molecule has 0 aliphatic rings. The minimum Gasteiger partial charge on any atom is -0.406 e. The SMILES string of the molecule is CO[CH]C(=O)Nc1ccc(OC(F)(F)F)cc1. The summed E-state index contributed by atoms with van der Waals surface area (Å²) in [6.07, 6.45) is -4.73. The van der Waals surface area contributed by atoms with Gasteiger partial charge in [-0.05, 0) is 24.3 Å². The van der Waals surface area contributed by atoms with Crippen LogP contribution in [0.2, 0.25) is 0 Å². The van der Waals surface area contributed by atoms with Crippen LogP contribution in [0.5, 0.6) is 5.75 Å². The van der Waals surface area contributed by atoms with Gasteiger partial charge >= 0.3 is 6.36 Å². The molecule has 0 heterocycles. The third-order valence-electron chi connectivity index (χ3n) is 1.58. The number of alkyl halides is 3. The van der Waals surface area contributed by atoms with Crippen molar-refractivity contribution in [2.75, 3.05) is 12.4 Å². The monoisotopic (exact) mass is 248 g/mol. The minimum atomic E-state index is -4.73. The molecule has 1 radical (unpaired) electrons. The zero-order valence-electron chi connectivity index (χ0n) is 8.75. The molecule has 7 heteroatoms. The molecule has 0 bridgehead atoms. The standard InChI is InChI=1S/C10H9F3NO3/c1-16-6-9(15)14-7-2-4-8(5-3-7)17-10(11,12)13/h2-6H,1H3,(H,14,15). The number of benzene rings is 1. The number of methoxy groups -OCH3 is 1. The van der Waals surface area contributed by atoms with Gasteiger partial charge in [-0.2, -0.15) is 0 Å². The summed E-state index contributed by atoms with van der Waals surface area (Å²) in [5.74, 6) is -0.872. The second kappa shape index (κ2) is 5.53. The van der Waals surface area contributed by atoms with E-state index < -0.39 is 12.3 Å². The number of nitrogens with one attached hydrogen (secondary N) is 1. The number of anilines is 1. The Morgan fingerprint density at radius 1 is 1.29 bits per heavy atom. The Labute approximate surface area is 95.3 Å². The number of halogens is 3. The highest BCUT2D eigenvalue weighted by molar-refractivity contribution is 5.95. The first-order valence-corrected chi connectivity index (χ1v) is 4.43. The topological polar surface area (TPSA) is 47.6 Å². The number of amides is 1. The van der Waals surface area contributed by atoms with Crippen molar-refractivity contribution >= 4 is 11.6 Å². The highest BCUT2D eigenvalue weighted by Gasteiger charge is 2.30. The first-order chi connectivity index (χ1) is 7.90. The Bertz CT molecular complexity index is 375. The smallest absolute Gasteiger partial charge is 0.406 e. The molecular formula is C10H9F3NO3. The van der Waals surface area contributed by atoms with Crippen LogP contribution in [-0.4, -0.2) is 19.4 Å². The fourth-order valence-electron chi connectivity index (χ4n) is 1.02. The third kappa shape index (κ3) is 5.21. The van der Waals surface area contributed by atoms with Crippen LogP contribution in [-0.2, 0) is 9.53 Å². The number of carbonyl (C=O) groups excluding carboxylic acids is 1. The van der Waals surface area contributed by atoms with Crippen molar-refractivity contribution < 1.29 is 27.4 Å². The van der Waals surface area contributed by atoms with E-state index in [1.54, 1.807) is 0 Å². The molecule has 0 aromatic heterocycles. The van der Waals surface area contributed by atoms with E-state index in [0.717, 1.165) is 18.7 Å². The Balaban J connectivity index is 2.59. The van der Waals surface area contributed by atoms with Crippen LogP contribution in [0, 0.1) is 6.61 Å². The Hall–Kier alpha value is -1.76. The summed E-state index contributed by atoms with van der Waals surface area (Å²) < 4.78 is 43.6. The van der Waals surface area contributed by atoms with Crippen molar-refractivity contribution in [1.82, 2.24) is 0 Å². The van der Waals surface area contributed by atoms with Crippen LogP contribution in [0.25, 0.3) is 0 Å². The summed E-state index contributed by atoms with van der Waals surface area (Å²) in [6.45, 7) is 0.931. The molecule has 4 nitrogen and oxygen atoms in total. The van der Waals surface area contributed by atoms with Gasteiger partial charge in [-0.25, -0.2) is 0 Å². The van der Waals surface area contributed by atoms with E-state index in [0.29, 0.717) is 5.69 Å². The molecule has 1 amide bonds. The average molecular weight is 248 g/mol. The molecule has 0 aliphatic heterocycles. The molecular weight excluding hydrogens is 239 g/mol. The molecule has 0 saturated carbocycles. The van der Waals surface area contributed by atoms with Gasteiger partial charge in [-0.1, -0.05) is 0 Å². The quantitative estimate of drug-likeness (QED) is 0.889. The number of rotatable bonds is 4. The lowest BCUT2D eigenvalue weighted by Gasteiger charge is -2.09. The molecule has 1 N–H and O–H groups in total. The second-order valence-electron chi connectivity index (χ2n) is 2.91. The van der Waals surface area contributed by atoms with Crippen molar-refractivity contribution in [3.05, 3.63) is 30.9 Å². The molecule has 0 saturated heterocycles. The van der Waals surface area contributed by atoms with Gasteiger partial charge in [-0.3, -0.25) is 4.79 Å². The number of hydrogen-bond acceptors (Lipinski definition) is 3. The average Bonchev–Trinajstić information content (AvgIpc) is 2.19. The van der Waals surface area contributed by atoms with Gasteiger partial charge in [0, 0.05) is 12.8 Å². The van der Waals surface area contributed by atoms with E-state index in [1.807, 2.05) is 0 Å². The third-order valence-corrected chi connectivity index (χ3v) is 1.58. The van der Waals surface area contributed by atoms with Crippen LogP contribution in [0.1, 0.15) is 0 Å². The van der Waals surface area contributed by atoms with Crippen LogP contribution in [0.15, 0.2) is 24.3 Å². The largest absolute Gasteiger partial charge is 0.573 e. The Kier molecular flexibility index (Phi) is 4.33. The van der Waals surface area contributed by atoms with E-state index >= 15 is 0 Å². The summed E-state index contributed by atoms with van der Waals surface area (Å²) in [7, 11) is 1.31. The van der Waals surface area contributed by atoms with Gasteiger partial charge < -0.3 is 14.8 Å². The van der Waals surface area contributed by atoms with Crippen molar-refractivity contribution in [2.24, 2.45) is 0 Å². The van der Waals surface area contributed by atoms with Gasteiger partial charge in [-0.15, -0.1) is 13.2 Å². The predicted octanol–water partition coefficient (Wildman–Crippen LogP) is 2.33. The van der Waals surface area contributed by atoms with Gasteiger partial charge in [0.05, 0.1) is 0 Å². The fourth-order valence-corrected chi connectivity index (χ4v) is 1.02. The molecule has 0 fully saturated rings. The molecule has 17 heavy (non-hydrogen) atoms.